The smallest absolute Gasteiger partial charge is 0.219 e. The Kier molecular flexibility index (Phi) is 4.25. The minimum atomic E-state index is 0.174. The lowest BCUT2D eigenvalue weighted by molar-refractivity contribution is -0.130. The minimum Gasteiger partial charge on any atom is -0.340 e. The van der Waals surface area contributed by atoms with Crippen LogP contribution in [0.25, 0.3) is 0 Å². The number of hydrogen-bond donors (Lipinski definition) is 0. The minimum absolute atomic E-state index is 0.174. The summed E-state index contributed by atoms with van der Waals surface area (Å²) in [4.78, 5) is 15.1. The molecule has 0 N–H and O–H groups in total. The molecule has 0 aromatic carbocycles. The molecule has 0 unspecified atom stereocenters. The van der Waals surface area contributed by atoms with Gasteiger partial charge in [-0.05, 0) is 0 Å². The second kappa shape index (κ2) is 5.25. The Morgan fingerprint density at radius 2 is 2.00 bits per heavy atom. The molecule has 0 aliphatic carbocycles. The van der Waals surface area contributed by atoms with Gasteiger partial charge >= 0.3 is 0 Å². The number of amides is 1. The van der Waals surface area contributed by atoms with E-state index >= 15 is 0 Å². The average Bonchev–Trinajstić information content (AvgIpc) is 2.15. The first-order valence-corrected chi connectivity index (χ1v) is 4.91. The van der Waals surface area contributed by atoms with Gasteiger partial charge in [-0.3, -0.25) is 9.69 Å². The fraction of sp³-hybridized carbons (Fsp3) is 0.667. The number of nitrogens with zero attached hydrogens (tertiary/aromatic N) is 2. The van der Waals surface area contributed by atoms with E-state index < -0.39 is 0 Å². The largest absolute Gasteiger partial charge is 0.340 e. The molecule has 1 saturated heterocycles. The van der Waals surface area contributed by atoms with Crippen LogP contribution >= 0.6 is 11.6 Å². The summed E-state index contributed by atoms with van der Waals surface area (Å²) < 4.78 is 0. The van der Waals surface area contributed by atoms with Crippen molar-refractivity contribution in [1.82, 2.24) is 9.80 Å². The molecular weight excluding hydrogens is 188 g/mol. The summed E-state index contributed by atoms with van der Waals surface area (Å²) in [6, 6.07) is 0. The maximum Gasteiger partial charge on any atom is 0.219 e. The third-order valence-corrected chi connectivity index (χ3v) is 2.45. The van der Waals surface area contributed by atoms with Gasteiger partial charge < -0.3 is 4.90 Å². The van der Waals surface area contributed by atoms with Crippen LogP contribution < -0.4 is 0 Å². The summed E-state index contributed by atoms with van der Waals surface area (Å²) >= 11 is 5.43. The molecule has 1 aliphatic rings. The molecule has 4 heteroatoms. The number of hydrogen-bond acceptors (Lipinski definition) is 2. The van der Waals surface area contributed by atoms with E-state index in [0.717, 1.165) is 32.7 Å². The van der Waals surface area contributed by atoms with E-state index in [9.17, 15) is 4.79 Å². The van der Waals surface area contributed by atoms with E-state index in [1.54, 1.807) is 6.92 Å². The topological polar surface area (TPSA) is 23.6 Å². The Bertz CT molecular complexity index is 198. The van der Waals surface area contributed by atoms with E-state index in [1.165, 1.54) is 5.54 Å². The van der Waals surface area contributed by atoms with Gasteiger partial charge in [0.2, 0.25) is 5.91 Å². The zero-order valence-electron chi connectivity index (χ0n) is 7.87. The molecule has 74 valence electrons. The first-order chi connectivity index (χ1) is 6.24. The van der Waals surface area contributed by atoms with Crippen LogP contribution in [-0.4, -0.2) is 48.4 Å². The van der Waals surface area contributed by atoms with Gasteiger partial charge in [-0.15, -0.1) is 0 Å². The highest BCUT2D eigenvalue weighted by Crippen LogP contribution is 2.01. The Morgan fingerprint density at radius 1 is 1.38 bits per heavy atom. The molecule has 1 heterocycles. The summed E-state index contributed by atoms with van der Waals surface area (Å²) in [5.74, 6) is 0.174. The molecule has 1 rings (SSSR count). The molecule has 1 amide bonds. The lowest BCUT2D eigenvalue weighted by atomic mass is 10.3. The van der Waals surface area contributed by atoms with Gasteiger partial charge in [0, 0.05) is 45.2 Å². The van der Waals surface area contributed by atoms with Crippen molar-refractivity contribution in [2.45, 2.75) is 6.92 Å². The van der Waals surface area contributed by atoms with Gasteiger partial charge in [-0.2, -0.15) is 0 Å². The van der Waals surface area contributed by atoms with Gasteiger partial charge in [0.05, 0.1) is 0 Å². The molecule has 0 bridgehead atoms. The average molecular weight is 203 g/mol. The van der Waals surface area contributed by atoms with Crippen molar-refractivity contribution in [3.05, 3.63) is 11.6 Å². The second-order valence-electron chi connectivity index (χ2n) is 3.17. The number of halogens is 1. The highest BCUT2D eigenvalue weighted by Gasteiger charge is 2.16. The molecule has 1 aliphatic heterocycles. The quantitative estimate of drug-likeness (QED) is 0.665. The normalized spacial score (nSPS) is 19.7. The van der Waals surface area contributed by atoms with Crippen molar-refractivity contribution in [1.29, 1.82) is 0 Å². The van der Waals surface area contributed by atoms with Crippen LogP contribution in [-0.2, 0) is 4.79 Å². The fourth-order valence-electron chi connectivity index (χ4n) is 1.43. The number of carbonyl (C=O) groups is 1. The maximum absolute atomic E-state index is 11.0. The van der Waals surface area contributed by atoms with Crippen molar-refractivity contribution in [3.63, 3.8) is 0 Å². The maximum atomic E-state index is 11.0. The molecule has 0 spiro atoms. The van der Waals surface area contributed by atoms with E-state index in [1.807, 2.05) is 11.0 Å². The number of piperazine rings is 1. The summed E-state index contributed by atoms with van der Waals surface area (Å²) in [6.45, 7) is 6.07. The standard InChI is InChI=1S/C9H15ClN2O/c1-9(13)12-7-5-11(6-8-12)4-2-3-10/h2-3H,4-8H2,1H3. The monoisotopic (exact) mass is 202 g/mol. The van der Waals surface area contributed by atoms with Gasteiger partial charge in [-0.25, -0.2) is 0 Å². The van der Waals surface area contributed by atoms with E-state index in [2.05, 4.69) is 4.90 Å². The molecule has 0 saturated carbocycles. The molecule has 0 aromatic heterocycles. The highest BCUT2D eigenvalue weighted by atomic mass is 35.5. The SMILES string of the molecule is CC(=O)N1CCN(CC=CCl)CC1. The van der Waals surface area contributed by atoms with Crippen molar-refractivity contribution in [3.8, 4) is 0 Å². The Hall–Kier alpha value is -0.540. The van der Waals surface area contributed by atoms with Crippen LogP contribution in [0, 0.1) is 0 Å². The zero-order chi connectivity index (χ0) is 9.68. The fourth-order valence-corrected chi connectivity index (χ4v) is 1.51. The van der Waals surface area contributed by atoms with Crippen molar-refractivity contribution >= 4 is 17.5 Å². The Morgan fingerprint density at radius 3 is 2.46 bits per heavy atom. The van der Waals surface area contributed by atoms with Crippen molar-refractivity contribution < 1.29 is 4.79 Å². The lowest BCUT2D eigenvalue weighted by Crippen LogP contribution is -2.47. The van der Waals surface area contributed by atoms with Crippen LogP contribution in [0.1, 0.15) is 6.92 Å². The van der Waals surface area contributed by atoms with E-state index in [-0.39, 0.29) is 5.91 Å². The van der Waals surface area contributed by atoms with Crippen LogP contribution in [0.15, 0.2) is 11.6 Å². The lowest BCUT2D eigenvalue weighted by Gasteiger charge is -2.33. The number of rotatable bonds is 2. The number of carbonyl (C=O) groups excluding carboxylic acids is 1. The predicted molar refractivity (Wildman–Crippen MR) is 53.7 cm³/mol. The second-order valence-corrected chi connectivity index (χ2v) is 3.42. The molecule has 13 heavy (non-hydrogen) atoms. The van der Waals surface area contributed by atoms with E-state index in [4.69, 9.17) is 11.6 Å². The summed E-state index contributed by atoms with van der Waals surface area (Å²) in [5.41, 5.74) is 1.54. The Labute approximate surface area is 83.9 Å². The van der Waals surface area contributed by atoms with Gasteiger partial charge in [0.15, 0.2) is 0 Å². The van der Waals surface area contributed by atoms with Crippen LogP contribution in [0.4, 0.5) is 0 Å². The van der Waals surface area contributed by atoms with Crippen LogP contribution in [0.5, 0.6) is 0 Å². The van der Waals surface area contributed by atoms with Crippen LogP contribution in [0.2, 0.25) is 0 Å². The third kappa shape index (κ3) is 3.36. The zero-order valence-corrected chi connectivity index (χ0v) is 8.63. The molecular formula is C9H15ClN2O. The van der Waals surface area contributed by atoms with Crippen molar-refractivity contribution in [2.24, 2.45) is 0 Å². The van der Waals surface area contributed by atoms with Gasteiger partial charge in [0.25, 0.3) is 0 Å². The Balaban J connectivity index is 2.26. The summed E-state index contributed by atoms with van der Waals surface area (Å²) in [6.07, 6.45) is 1.92. The first-order valence-electron chi connectivity index (χ1n) is 4.47. The first kappa shape index (κ1) is 10.5. The third-order valence-electron chi connectivity index (χ3n) is 2.27. The molecule has 0 aromatic rings. The van der Waals surface area contributed by atoms with E-state index in [0.29, 0.717) is 0 Å². The summed E-state index contributed by atoms with van der Waals surface area (Å²) in [5, 5.41) is 0. The van der Waals surface area contributed by atoms with Crippen LogP contribution in [0.3, 0.4) is 0 Å². The molecule has 0 atom stereocenters. The molecule has 1 fully saturated rings. The van der Waals surface area contributed by atoms with Gasteiger partial charge in [0.1, 0.15) is 0 Å². The van der Waals surface area contributed by atoms with Gasteiger partial charge in [-0.1, -0.05) is 17.7 Å². The summed E-state index contributed by atoms with van der Waals surface area (Å²) in [7, 11) is 0. The van der Waals surface area contributed by atoms with Crippen molar-refractivity contribution in [2.75, 3.05) is 32.7 Å². The molecule has 0 radical (unpaired) electrons. The highest BCUT2D eigenvalue weighted by molar-refractivity contribution is 6.25. The predicted octanol–water partition coefficient (Wildman–Crippen LogP) is 0.903. The molecule has 3 nitrogen and oxygen atoms in total.